The van der Waals surface area contributed by atoms with Gasteiger partial charge in [-0.15, -0.1) is 0 Å². The highest BCUT2D eigenvalue weighted by atomic mass is 15.2. The first-order valence-electron chi connectivity index (χ1n) is 9.67. The minimum Gasteiger partial charge on any atom is -0.365 e. The van der Waals surface area contributed by atoms with Gasteiger partial charge in [0.05, 0.1) is 0 Å². The summed E-state index contributed by atoms with van der Waals surface area (Å²) in [5, 5.41) is 0. The van der Waals surface area contributed by atoms with Crippen LogP contribution in [-0.2, 0) is 12.8 Å². The second-order valence-electron chi connectivity index (χ2n) is 8.12. The molecule has 136 valence electrons. The van der Waals surface area contributed by atoms with Crippen molar-refractivity contribution in [1.82, 2.24) is 0 Å². The van der Waals surface area contributed by atoms with Gasteiger partial charge in [-0.05, 0) is 56.7 Å². The van der Waals surface area contributed by atoms with Gasteiger partial charge in [-0.3, -0.25) is 0 Å². The summed E-state index contributed by atoms with van der Waals surface area (Å²) in [6.07, 6.45) is 11.8. The van der Waals surface area contributed by atoms with Gasteiger partial charge >= 0.3 is 0 Å². The van der Waals surface area contributed by atoms with Crippen LogP contribution in [0.1, 0.15) is 59.1 Å². The van der Waals surface area contributed by atoms with Crippen molar-refractivity contribution in [3.05, 3.63) is 65.8 Å². The van der Waals surface area contributed by atoms with Gasteiger partial charge < -0.3 is 4.90 Å². The van der Waals surface area contributed by atoms with Crippen LogP contribution in [0.5, 0.6) is 0 Å². The number of hydrogen-bond donors (Lipinski definition) is 0. The molecule has 1 nitrogen and oxygen atoms in total. The zero-order valence-electron chi connectivity index (χ0n) is 17.0. The lowest BCUT2D eigenvalue weighted by atomic mass is 9.77. The first-order valence-corrected chi connectivity index (χ1v) is 9.67. The van der Waals surface area contributed by atoms with E-state index in [1.807, 2.05) is 6.08 Å². The van der Waals surface area contributed by atoms with Gasteiger partial charge in [-0.1, -0.05) is 69.9 Å². The summed E-state index contributed by atoms with van der Waals surface area (Å²) < 4.78 is 0. The van der Waals surface area contributed by atoms with E-state index in [0.29, 0.717) is 0 Å². The number of anilines is 1. The molecule has 1 unspecified atom stereocenters. The molecule has 1 atom stereocenters. The van der Waals surface area contributed by atoms with Crippen molar-refractivity contribution in [3.63, 3.8) is 0 Å². The molecule has 1 heteroatoms. The zero-order valence-corrected chi connectivity index (χ0v) is 17.0. The Labute approximate surface area is 155 Å². The fourth-order valence-corrected chi connectivity index (χ4v) is 4.52. The predicted molar refractivity (Wildman–Crippen MR) is 112 cm³/mol. The van der Waals surface area contributed by atoms with Gasteiger partial charge in [0.25, 0.3) is 0 Å². The summed E-state index contributed by atoms with van der Waals surface area (Å²) >= 11 is 0. The maximum atomic E-state index is 4.10. The highest BCUT2D eigenvalue weighted by Crippen LogP contribution is 2.49. The van der Waals surface area contributed by atoms with Gasteiger partial charge in [-0.25, -0.2) is 0 Å². The van der Waals surface area contributed by atoms with E-state index < -0.39 is 0 Å². The predicted octanol–water partition coefficient (Wildman–Crippen LogP) is 6.49. The van der Waals surface area contributed by atoms with Crippen LogP contribution in [0.3, 0.4) is 0 Å². The van der Waals surface area contributed by atoms with Crippen LogP contribution in [-0.4, -0.2) is 12.1 Å². The van der Waals surface area contributed by atoms with Crippen molar-refractivity contribution >= 4 is 5.69 Å². The minimum atomic E-state index is 0.122. The van der Waals surface area contributed by atoms with Crippen LogP contribution in [0.15, 0.2) is 54.7 Å². The summed E-state index contributed by atoms with van der Waals surface area (Å²) in [5.74, 6) is 0. The van der Waals surface area contributed by atoms with Gasteiger partial charge in [-0.2, -0.15) is 0 Å². The largest absolute Gasteiger partial charge is 0.365 e. The molecule has 0 radical (unpaired) electrons. The highest BCUT2D eigenvalue weighted by molar-refractivity contribution is 5.63. The first-order chi connectivity index (χ1) is 11.8. The molecule has 1 aromatic rings. The summed E-state index contributed by atoms with van der Waals surface area (Å²) in [7, 11) is 0. The molecule has 0 spiro atoms. The third kappa shape index (κ3) is 3.76. The average molecular weight is 338 g/mol. The molecule has 1 fully saturated rings. The Morgan fingerprint density at radius 2 is 1.76 bits per heavy atom. The van der Waals surface area contributed by atoms with E-state index in [9.17, 15) is 0 Å². The van der Waals surface area contributed by atoms with E-state index in [4.69, 9.17) is 0 Å². The first kappa shape index (κ1) is 19.6. The Bertz CT molecular complexity index is 655. The number of rotatable bonds is 6. The summed E-state index contributed by atoms with van der Waals surface area (Å²) in [6.45, 7) is 18.9. The Kier molecular flexibility index (Phi) is 5.98. The van der Waals surface area contributed by atoms with Gasteiger partial charge in [0.1, 0.15) is 0 Å². The van der Waals surface area contributed by atoms with Gasteiger partial charge in [0.2, 0.25) is 0 Å². The van der Waals surface area contributed by atoms with E-state index >= 15 is 0 Å². The maximum Gasteiger partial charge on any atom is 0.0435 e. The molecule has 0 N–H and O–H groups in total. The molecule has 1 heterocycles. The average Bonchev–Trinajstić information content (AvgIpc) is 2.84. The summed E-state index contributed by atoms with van der Waals surface area (Å²) in [6, 6.07) is 6.80. The lowest BCUT2D eigenvalue weighted by Crippen LogP contribution is -2.39. The minimum absolute atomic E-state index is 0.122. The number of allylic oxidation sites excluding steroid dienone is 4. The van der Waals surface area contributed by atoms with E-state index in [1.54, 1.807) is 0 Å². The molecule has 1 aliphatic heterocycles. The Morgan fingerprint density at radius 3 is 2.24 bits per heavy atom. The molecular weight excluding hydrogens is 302 g/mol. The molecule has 0 amide bonds. The molecule has 0 bridgehead atoms. The lowest BCUT2D eigenvalue weighted by molar-refractivity contribution is 0.403. The third-order valence-corrected chi connectivity index (χ3v) is 5.68. The molecule has 1 aliphatic rings. The SMILES string of the molecule is C=C/C(=C\C=C/C)C1(C)CN(c2c(CC)cccc2CC)C(C)(C)C1. The molecule has 1 aromatic carbocycles. The highest BCUT2D eigenvalue weighted by Gasteiger charge is 2.47. The zero-order chi connectivity index (χ0) is 18.7. The quantitative estimate of drug-likeness (QED) is 0.536. The number of aryl methyl sites for hydroxylation is 2. The van der Waals surface area contributed by atoms with E-state index in [0.717, 1.165) is 25.8 Å². The Balaban J connectivity index is 2.53. The molecule has 0 aliphatic carbocycles. The number of para-hydroxylation sites is 1. The molecular formula is C24H35N. The number of nitrogens with zero attached hydrogens (tertiary/aromatic N) is 1. The van der Waals surface area contributed by atoms with Crippen LogP contribution in [0.4, 0.5) is 5.69 Å². The third-order valence-electron chi connectivity index (χ3n) is 5.68. The van der Waals surface area contributed by atoms with Crippen molar-refractivity contribution < 1.29 is 0 Å². The topological polar surface area (TPSA) is 3.24 Å². The lowest BCUT2D eigenvalue weighted by Gasteiger charge is -2.36. The van der Waals surface area contributed by atoms with Crippen molar-refractivity contribution in [3.8, 4) is 0 Å². The van der Waals surface area contributed by atoms with Crippen molar-refractivity contribution in [1.29, 1.82) is 0 Å². The van der Waals surface area contributed by atoms with Crippen LogP contribution in [0.25, 0.3) is 0 Å². The Hall–Kier alpha value is -1.76. The van der Waals surface area contributed by atoms with Crippen LogP contribution in [0, 0.1) is 5.41 Å². The van der Waals surface area contributed by atoms with Crippen LogP contribution < -0.4 is 4.90 Å². The van der Waals surface area contributed by atoms with E-state index in [2.05, 4.69) is 89.4 Å². The molecule has 1 saturated heterocycles. The fraction of sp³-hybridized carbons (Fsp3) is 0.500. The van der Waals surface area contributed by atoms with Gasteiger partial charge in [0.15, 0.2) is 0 Å². The normalized spacial score (nSPS) is 23.4. The number of hydrogen-bond acceptors (Lipinski definition) is 1. The van der Waals surface area contributed by atoms with Crippen molar-refractivity contribution in [2.45, 2.75) is 66.3 Å². The Morgan fingerprint density at radius 1 is 1.16 bits per heavy atom. The van der Waals surface area contributed by atoms with Crippen molar-refractivity contribution in [2.24, 2.45) is 5.41 Å². The van der Waals surface area contributed by atoms with E-state index in [-0.39, 0.29) is 11.0 Å². The fourth-order valence-electron chi connectivity index (χ4n) is 4.52. The van der Waals surface area contributed by atoms with Crippen molar-refractivity contribution in [2.75, 3.05) is 11.4 Å². The number of benzene rings is 1. The second kappa shape index (κ2) is 7.64. The smallest absolute Gasteiger partial charge is 0.0435 e. The van der Waals surface area contributed by atoms with E-state index in [1.165, 1.54) is 22.4 Å². The molecule has 25 heavy (non-hydrogen) atoms. The maximum absolute atomic E-state index is 4.10. The standard InChI is InChI=1S/C24H35N/c1-8-12-16-21(11-4)24(7)17-23(5,6)25(18-24)22-19(9-2)14-13-15-20(22)10-3/h8,11-16H,4,9-10,17-18H2,1-3,5-7H3/b12-8-,21-16+. The summed E-state index contributed by atoms with van der Waals surface area (Å²) in [5.41, 5.74) is 5.99. The monoisotopic (exact) mass is 337 g/mol. The molecule has 0 saturated carbocycles. The summed E-state index contributed by atoms with van der Waals surface area (Å²) in [4.78, 5) is 2.66. The molecule has 0 aromatic heterocycles. The second-order valence-corrected chi connectivity index (χ2v) is 8.12. The van der Waals surface area contributed by atoms with Crippen LogP contribution in [0.2, 0.25) is 0 Å². The van der Waals surface area contributed by atoms with Crippen LogP contribution >= 0.6 is 0 Å². The van der Waals surface area contributed by atoms with Gasteiger partial charge in [0, 0.05) is 23.2 Å². The molecule has 2 rings (SSSR count).